The molecule has 0 spiro atoms. The van der Waals surface area contributed by atoms with Crippen molar-refractivity contribution in [3.63, 3.8) is 0 Å². The normalized spacial score (nSPS) is 10.0. The minimum Gasteiger partial charge on any atom is -0.489 e. The summed E-state index contributed by atoms with van der Waals surface area (Å²) in [7, 11) is 4.15. The van der Waals surface area contributed by atoms with Crippen LogP contribution >= 0.6 is 36.4 Å². The molecule has 0 amide bonds. The molecule has 2 aromatic rings. The number of para-hydroxylation sites is 1. The van der Waals surface area contributed by atoms with E-state index in [0.29, 0.717) is 6.61 Å². The van der Waals surface area contributed by atoms with Crippen LogP contribution in [0.25, 0.3) is 0 Å². The molecule has 2 aromatic carbocycles. The topological polar surface area (TPSA) is 24.5 Å². The molecule has 0 atom stereocenters. The van der Waals surface area contributed by atoms with E-state index in [1.54, 1.807) is 0 Å². The summed E-state index contributed by atoms with van der Waals surface area (Å²) in [5.74, 6) is 0.926. The highest BCUT2D eigenvalue weighted by molar-refractivity contribution is 6.30. The van der Waals surface area contributed by atoms with Crippen molar-refractivity contribution in [3.05, 3.63) is 64.7 Å². The molecule has 0 unspecified atom stereocenters. The van der Waals surface area contributed by atoms with Crippen LogP contribution in [0.4, 0.5) is 0 Å². The Balaban J connectivity index is 0.00000264. The first-order valence-corrected chi connectivity index (χ1v) is 7.83. The number of ether oxygens (including phenoxy) is 1. The van der Waals surface area contributed by atoms with E-state index in [1.165, 1.54) is 5.56 Å². The Morgan fingerprint density at radius 3 is 2.33 bits per heavy atom. The number of halogens is 3. The van der Waals surface area contributed by atoms with E-state index in [2.05, 4.69) is 30.4 Å². The van der Waals surface area contributed by atoms with Crippen LogP contribution in [0.15, 0.2) is 48.5 Å². The van der Waals surface area contributed by atoms with Crippen LogP contribution in [0, 0.1) is 0 Å². The SMILES string of the molecule is CN(C)CCNCc1ccccc1OCc1ccc(Cl)cc1.Cl.Cl. The zero-order chi connectivity index (χ0) is 15.8. The molecule has 1 N–H and O–H groups in total. The smallest absolute Gasteiger partial charge is 0.124 e. The van der Waals surface area contributed by atoms with E-state index >= 15 is 0 Å². The molecule has 0 aliphatic rings. The summed E-state index contributed by atoms with van der Waals surface area (Å²) >= 11 is 5.89. The van der Waals surface area contributed by atoms with Crippen molar-refractivity contribution in [1.29, 1.82) is 0 Å². The molecular weight excluding hydrogens is 367 g/mol. The number of nitrogens with zero attached hydrogens (tertiary/aromatic N) is 1. The Hall–Kier alpha value is -0.970. The Kier molecular flexibility index (Phi) is 11.9. The third-order valence-electron chi connectivity index (χ3n) is 3.33. The first-order valence-electron chi connectivity index (χ1n) is 7.46. The summed E-state index contributed by atoms with van der Waals surface area (Å²) in [6, 6.07) is 15.9. The lowest BCUT2D eigenvalue weighted by molar-refractivity contribution is 0.302. The number of rotatable bonds is 8. The van der Waals surface area contributed by atoms with Gasteiger partial charge in [-0.15, -0.1) is 24.8 Å². The monoisotopic (exact) mass is 390 g/mol. The average Bonchev–Trinajstić information content (AvgIpc) is 2.52. The average molecular weight is 392 g/mol. The molecule has 0 bridgehead atoms. The van der Waals surface area contributed by atoms with Crippen LogP contribution in [0.5, 0.6) is 5.75 Å². The van der Waals surface area contributed by atoms with Crippen LogP contribution < -0.4 is 10.1 Å². The highest BCUT2D eigenvalue weighted by Crippen LogP contribution is 2.19. The van der Waals surface area contributed by atoms with Gasteiger partial charge in [-0.3, -0.25) is 0 Å². The third kappa shape index (κ3) is 8.22. The number of benzene rings is 2. The van der Waals surface area contributed by atoms with Crippen molar-refractivity contribution >= 4 is 36.4 Å². The van der Waals surface area contributed by atoms with Crippen LogP contribution in [0.2, 0.25) is 5.02 Å². The van der Waals surface area contributed by atoms with Gasteiger partial charge in [0.25, 0.3) is 0 Å². The maximum absolute atomic E-state index is 5.95. The van der Waals surface area contributed by atoms with E-state index in [0.717, 1.165) is 36.0 Å². The van der Waals surface area contributed by atoms with Crippen molar-refractivity contribution < 1.29 is 4.74 Å². The van der Waals surface area contributed by atoms with Crippen molar-refractivity contribution in [1.82, 2.24) is 10.2 Å². The lowest BCUT2D eigenvalue weighted by Crippen LogP contribution is -2.26. The lowest BCUT2D eigenvalue weighted by Gasteiger charge is -2.14. The van der Waals surface area contributed by atoms with Gasteiger partial charge in [0, 0.05) is 30.2 Å². The van der Waals surface area contributed by atoms with E-state index in [9.17, 15) is 0 Å². The van der Waals surface area contributed by atoms with Crippen molar-refractivity contribution in [2.24, 2.45) is 0 Å². The standard InChI is InChI=1S/C18H23ClN2O.2ClH/c1-21(2)12-11-20-13-16-5-3-4-6-18(16)22-14-15-7-9-17(19)10-8-15;;/h3-10,20H,11-14H2,1-2H3;2*1H. The first kappa shape index (κ1) is 23.0. The summed E-state index contributed by atoms with van der Waals surface area (Å²) in [6.07, 6.45) is 0. The van der Waals surface area contributed by atoms with Gasteiger partial charge in [0.1, 0.15) is 12.4 Å². The second-order valence-electron chi connectivity index (χ2n) is 5.50. The van der Waals surface area contributed by atoms with E-state index in [1.807, 2.05) is 42.5 Å². The second-order valence-corrected chi connectivity index (χ2v) is 5.94. The molecule has 0 fully saturated rings. The molecule has 0 radical (unpaired) electrons. The van der Waals surface area contributed by atoms with Gasteiger partial charge in [-0.25, -0.2) is 0 Å². The van der Waals surface area contributed by atoms with Gasteiger partial charge in [0.05, 0.1) is 0 Å². The molecule has 0 saturated heterocycles. The quantitative estimate of drug-likeness (QED) is 0.674. The molecule has 0 saturated carbocycles. The first-order chi connectivity index (χ1) is 10.6. The summed E-state index contributed by atoms with van der Waals surface area (Å²) in [6.45, 7) is 3.34. The van der Waals surface area contributed by atoms with E-state index in [4.69, 9.17) is 16.3 Å². The molecule has 134 valence electrons. The van der Waals surface area contributed by atoms with Gasteiger partial charge < -0.3 is 15.0 Å². The number of hydrogen-bond acceptors (Lipinski definition) is 3. The second kappa shape index (κ2) is 12.4. The maximum Gasteiger partial charge on any atom is 0.124 e. The summed E-state index contributed by atoms with van der Waals surface area (Å²) < 4.78 is 5.95. The van der Waals surface area contributed by atoms with Gasteiger partial charge in [0.2, 0.25) is 0 Å². The predicted octanol–water partition coefficient (Wildman–Crippen LogP) is 4.41. The molecule has 0 aliphatic heterocycles. The number of hydrogen-bond donors (Lipinski definition) is 1. The van der Waals surface area contributed by atoms with Crippen LogP contribution in [-0.2, 0) is 13.2 Å². The fourth-order valence-electron chi connectivity index (χ4n) is 2.06. The fourth-order valence-corrected chi connectivity index (χ4v) is 2.18. The van der Waals surface area contributed by atoms with Crippen LogP contribution in [0.1, 0.15) is 11.1 Å². The Labute approximate surface area is 162 Å². The van der Waals surface area contributed by atoms with Gasteiger partial charge in [0.15, 0.2) is 0 Å². The highest BCUT2D eigenvalue weighted by atomic mass is 35.5. The lowest BCUT2D eigenvalue weighted by atomic mass is 10.2. The summed E-state index contributed by atoms with van der Waals surface area (Å²) in [5.41, 5.74) is 2.29. The van der Waals surface area contributed by atoms with Gasteiger partial charge >= 0.3 is 0 Å². The molecule has 0 heterocycles. The fraction of sp³-hybridized carbons (Fsp3) is 0.333. The van der Waals surface area contributed by atoms with Gasteiger partial charge in [-0.05, 0) is 37.9 Å². The molecular formula is C18H25Cl3N2O. The van der Waals surface area contributed by atoms with Gasteiger partial charge in [-0.2, -0.15) is 0 Å². The predicted molar refractivity (Wildman–Crippen MR) is 107 cm³/mol. The molecule has 0 aromatic heterocycles. The summed E-state index contributed by atoms with van der Waals surface area (Å²) in [5, 5.41) is 4.18. The number of nitrogens with one attached hydrogen (secondary N) is 1. The zero-order valence-electron chi connectivity index (χ0n) is 14.0. The molecule has 3 nitrogen and oxygen atoms in total. The Morgan fingerprint density at radius 2 is 1.67 bits per heavy atom. The highest BCUT2D eigenvalue weighted by Gasteiger charge is 2.03. The minimum absolute atomic E-state index is 0. The third-order valence-corrected chi connectivity index (χ3v) is 3.58. The molecule has 0 aliphatic carbocycles. The molecule has 6 heteroatoms. The molecule has 2 rings (SSSR count). The Morgan fingerprint density at radius 1 is 1.00 bits per heavy atom. The summed E-state index contributed by atoms with van der Waals surface area (Å²) in [4.78, 5) is 2.16. The van der Waals surface area contributed by atoms with E-state index < -0.39 is 0 Å². The largest absolute Gasteiger partial charge is 0.489 e. The van der Waals surface area contributed by atoms with Crippen LogP contribution in [-0.4, -0.2) is 32.1 Å². The van der Waals surface area contributed by atoms with Crippen LogP contribution in [0.3, 0.4) is 0 Å². The Bertz CT molecular complexity index is 577. The maximum atomic E-state index is 5.95. The minimum atomic E-state index is 0. The van der Waals surface area contributed by atoms with Crippen molar-refractivity contribution in [3.8, 4) is 5.75 Å². The molecule has 24 heavy (non-hydrogen) atoms. The van der Waals surface area contributed by atoms with Crippen molar-refractivity contribution in [2.75, 3.05) is 27.2 Å². The van der Waals surface area contributed by atoms with Crippen molar-refractivity contribution in [2.45, 2.75) is 13.2 Å². The van der Waals surface area contributed by atoms with Gasteiger partial charge in [-0.1, -0.05) is 41.9 Å². The zero-order valence-corrected chi connectivity index (χ0v) is 16.4. The van der Waals surface area contributed by atoms with E-state index in [-0.39, 0.29) is 24.8 Å². The number of likely N-dealkylation sites (N-methyl/N-ethyl adjacent to an activating group) is 1.